The van der Waals surface area contributed by atoms with E-state index in [0.29, 0.717) is 18.0 Å². The van der Waals surface area contributed by atoms with Gasteiger partial charge in [-0.1, -0.05) is 74.5 Å². The quantitative estimate of drug-likeness (QED) is 0.182. The predicted molar refractivity (Wildman–Crippen MR) is 168 cm³/mol. The fraction of sp³-hybridized carbons (Fsp3) is 0.235. The third kappa shape index (κ3) is 9.15. The summed E-state index contributed by atoms with van der Waals surface area (Å²) in [6, 6.07) is 28.2. The fourth-order valence-corrected chi connectivity index (χ4v) is 5.53. The molecular formula is C34H36FN3O5S. The molecule has 4 aromatic carbocycles. The summed E-state index contributed by atoms with van der Waals surface area (Å²) in [5, 5.41) is 2.99. The van der Waals surface area contributed by atoms with E-state index >= 15 is 0 Å². The SMILES string of the molecule is CC(C)CCNC(=O)[C@@H](c1ccccc1)N(Cc1ccccc1)C(=O)COc1ccc(S(=O)(=O)Nc2ccc(F)cc2)cc1. The first-order chi connectivity index (χ1) is 21.1. The van der Waals surface area contributed by atoms with Gasteiger partial charge in [-0.2, -0.15) is 0 Å². The number of nitrogens with zero attached hydrogens (tertiary/aromatic N) is 1. The number of benzene rings is 4. The van der Waals surface area contributed by atoms with Crippen molar-refractivity contribution in [3.05, 3.63) is 126 Å². The molecule has 10 heteroatoms. The summed E-state index contributed by atoms with van der Waals surface area (Å²) in [5.74, 6) is -0.508. The van der Waals surface area contributed by atoms with Crippen LogP contribution in [0.1, 0.15) is 37.4 Å². The van der Waals surface area contributed by atoms with Crippen LogP contribution < -0.4 is 14.8 Å². The predicted octanol–water partition coefficient (Wildman–Crippen LogP) is 5.94. The molecule has 0 aromatic heterocycles. The summed E-state index contributed by atoms with van der Waals surface area (Å²) in [4.78, 5) is 28.8. The van der Waals surface area contributed by atoms with Crippen molar-refractivity contribution in [2.75, 3.05) is 17.9 Å². The largest absolute Gasteiger partial charge is 0.484 e. The maximum atomic E-state index is 13.8. The molecule has 0 saturated heterocycles. The number of halogens is 1. The Bertz CT molecular complexity index is 1620. The smallest absolute Gasteiger partial charge is 0.261 e. The van der Waals surface area contributed by atoms with E-state index in [-0.39, 0.29) is 35.4 Å². The molecule has 0 aliphatic carbocycles. The lowest BCUT2D eigenvalue weighted by Crippen LogP contribution is -2.45. The van der Waals surface area contributed by atoms with Gasteiger partial charge >= 0.3 is 0 Å². The van der Waals surface area contributed by atoms with Gasteiger partial charge in [0.15, 0.2) is 6.61 Å². The number of amides is 2. The normalized spacial score (nSPS) is 11.9. The van der Waals surface area contributed by atoms with E-state index < -0.39 is 27.8 Å². The minimum atomic E-state index is -3.93. The number of carbonyl (C=O) groups excluding carboxylic acids is 2. The minimum absolute atomic E-state index is 0.0339. The Morgan fingerprint density at radius 2 is 1.45 bits per heavy atom. The number of nitrogens with one attached hydrogen (secondary N) is 2. The van der Waals surface area contributed by atoms with Crippen LogP contribution in [0.3, 0.4) is 0 Å². The molecule has 4 rings (SSSR count). The van der Waals surface area contributed by atoms with Crippen molar-refractivity contribution in [1.82, 2.24) is 10.2 Å². The van der Waals surface area contributed by atoms with Crippen molar-refractivity contribution in [2.24, 2.45) is 5.92 Å². The monoisotopic (exact) mass is 617 g/mol. The average molecular weight is 618 g/mol. The summed E-state index contributed by atoms with van der Waals surface area (Å²) < 4.78 is 46.9. The molecule has 0 aliphatic heterocycles. The number of sulfonamides is 1. The molecule has 1 atom stereocenters. The molecule has 2 N–H and O–H groups in total. The van der Waals surface area contributed by atoms with Crippen molar-refractivity contribution in [3.63, 3.8) is 0 Å². The van der Waals surface area contributed by atoms with E-state index in [1.807, 2.05) is 60.7 Å². The van der Waals surface area contributed by atoms with Crippen LogP contribution in [0.5, 0.6) is 5.75 Å². The lowest BCUT2D eigenvalue weighted by atomic mass is 10.0. The van der Waals surface area contributed by atoms with Crippen molar-refractivity contribution in [1.29, 1.82) is 0 Å². The van der Waals surface area contributed by atoms with Crippen molar-refractivity contribution in [3.8, 4) is 5.75 Å². The van der Waals surface area contributed by atoms with Crippen LogP contribution in [0.25, 0.3) is 0 Å². The average Bonchev–Trinajstić information content (AvgIpc) is 3.01. The van der Waals surface area contributed by atoms with Crippen LogP contribution in [0.4, 0.5) is 10.1 Å². The van der Waals surface area contributed by atoms with Crippen LogP contribution in [0, 0.1) is 11.7 Å². The van der Waals surface area contributed by atoms with Crippen LogP contribution >= 0.6 is 0 Å². The number of hydrogen-bond acceptors (Lipinski definition) is 5. The van der Waals surface area contributed by atoms with Crippen LogP contribution in [-0.4, -0.2) is 38.3 Å². The van der Waals surface area contributed by atoms with Crippen molar-refractivity contribution in [2.45, 2.75) is 37.8 Å². The molecule has 0 bridgehead atoms. The second kappa shape index (κ2) is 15.2. The summed E-state index contributed by atoms with van der Waals surface area (Å²) >= 11 is 0. The van der Waals surface area contributed by atoms with Gasteiger partial charge in [0.05, 0.1) is 4.90 Å². The minimum Gasteiger partial charge on any atom is -0.484 e. The first-order valence-electron chi connectivity index (χ1n) is 14.3. The lowest BCUT2D eigenvalue weighted by Gasteiger charge is -2.31. The fourth-order valence-electron chi connectivity index (χ4n) is 4.47. The molecule has 0 aliphatic rings. The first kappa shape index (κ1) is 32.2. The van der Waals surface area contributed by atoms with Gasteiger partial charge in [0.25, 0.3) is 15.9 Å². The molecule has 0 spiro atoms. The molecule has 230 valence electrons. The number of anilines is 1. The summed E-state index contributed by atoms with van der Waals surface area (Å²) in [7, 11) is -3.93. The zero-order valence-electron chi connectivity index (χ0n) is 24.7. The van der Waals surface area contributed by atoms with E-state index in [9.17, 15) is 22.4 Å². The van der Waals surface area contributed by atoms with Crippen molar-refractivity contribution < 1.29 is 27.1 Å². The Hall–Kier alpha value is -4.70. The Morgan fingerprint density at radius 1 is 0.841 bits per heavy atom. The van der Waals surface area contributed by atoms with E-state index in [4.69, 9.17) is 4.74 Å². The zero-order chi connectivity index (χ0) is 31.5. The van der Waals surface area contributed by atoms with Crippen LogP contribution in [0.2, 0.25) is 0 Å². The molecular weight excluding hydrogens is 581 g/mol. The first-order valence-corrected chi connectivity index (χ1v) is 15.8. The lowest BCUT2D eigenvalue weighted by molar-refractivity contribution is -0.143. The molecule has 0 radical (unpaired) electrons. The Balaban J connectivity index is 1.52. The maximum Gasteiger partial charge on any atom is 0.261 e. The summed E-state index contributed by atoms with van der Waals surface area (Å²) in [6.45, 7) is 4.43. The molecule has 44 heavy (non-hydrogen) atoms. The van der Waals surface area contributed by atoms with Crippen molar-refractivity contribution >= 4 is 27.5 Å². The molecule has 0 saturated carbocycles. The molecule has 2 amide bonds. The van der Waals surface area contributed by atoms with Gasteiger partial charge in [0.2, 0.25) is 5.91 Å². The zero-order valence-corrected chi connectivity index (χ0v) is 25.5. The van der Waals surface area contributed by atoms with E-state index in [1.165, 1.54) is 41.3 Å². The summed E-state index contributed by atoms with van der Waals surface area (Å²) in [5.41, 5.74) is 1.74. The Morgan fingerprint density at radius 3 is 2.07 bits per heavy atom. The number of hydrogen-bond donors (Lipinski definition) is 2. The molecule has 8 nitrogen and oxygen atoms in total. The Kier molecular flexibility index (Phi) is 11.1. The number of rotatable bonds is 14. The standard InChI is InChI=1S/C34H36FN3O5S/c1-25(2)21-22-36-34(40)33(27-11-7-4-8-12-27)38(23-26-9-5-3-6-10-26)32(39)24-43-30-17-19-31(20-18-30)44(41,42)37-29-15-13-28(35)14-16-29/h3-20,25,33,37H,21-24H2,1-2H3,(H,36,40)/t33-/m1/s1. The molecule has 0 unspecified atom stereocenters. The summed E-state index contributed by atoms with van der Waals surface area (Å²) in [6.07, 6.45) is 0.800. The second-order valence-electron chi connectivity index (χ2n) is 10.7. The molecule has 0 heterocycles. The van der Waals surface area contributed by atoms with Gasteiger partial charge in [0, 0.05) is 18.8 Å². The highest BCUT2D eigenvalue weighted by Crippen LogP contribution is 2.25. The van der Waals surface area contributed by atoms with Gasteiger partial charge < -0.3 is 15.0 Å². The highest BCUT2D eigenvalue weighted by molar-refractivity contribution is 7.92. The number of carbonyl (C=O) groups is 2. The van der Waals surface area contributed by atoms with E-state index in [1.54, 1.807) is 0 Å². The highest BCUT2D eigenvalue weighted by atomic mass is 32.2. The highest BCUT2D eigenvalue weighted by Gasteiger charge is 2.31. The van der Waals surface area contributed by atoms with E-state index in [2.05, 4.69) is 23.9 Å². The number of ether oxygens (including phenoxy) is 1. The molecule has 0 fully saturated rings. The van der Waals surface area contributed by atoms with Gasteiger partial charge in [-0.15, -0.1) is 0 Å². The van der Waals surface area contributed by atoms with E-state index in [0.717, 1.165) is 24.1 Å². The van der Waals surface area contributed by atoms with Crippen LogP contribution in [0.15, 0.2) is 114 Å². The molecule has 4 aromatic rings. The van der Waals surface area contributed by atoms with Gasteiger partial charge in [-0.05, 0) is 72.0 Å². The van der Waals surface area contributed by atoms with Gasteiger partial charge in [0.1, 0.15) is 17.6 Å². The maximum absolute atomic E-state index is 13.8. The van der Waals surface area contributed by atoms with Gasteiger partial charge in [-0.3, -0.25) is 14.3 Å². The van der Waals surface area contributed by atoms with Gasteiger partial charge in [-0.25, -0.2) is 12.8 Å². The van der Waals surface area contributed by atoms with Crippen LogP contribution in [-0.2, 0) is 26.2 Å². The topological polar surface area (TPSA) is 105 Å². The third-order valence-corrected chi connectivity index (χ3v) is 8.20. The third-order valence-electron chi connectivity index (χ3n) is 6.81. The Labute approximate surface area is 257 Å². The second-order valence-corrected chi connectivity index (χ2v) is 12.3.